The van der Waals surface area contributed by atoms with E-state index >= 15 is 0 Å². The predicted octanol–water partition coefficient (Wildman–Crippen LogP) is 2.25. The quantitative estimate of drug-likeness (QED) is 0.366. The lowest BCUT2D eigenvalue weighted by molar-refractivity contribution is -0.384. The fourth-order valence-corrected chi connectivity index (χ4v) is 2.08. The smallest absolute Gasteiger partial charge is 0.271 e. The zero-order valence-electron chi connectivity index (χ0n) is 10.0. The van der Waals surface area contributed by atoms with Crippen LogP contribution >= 0.6 is 11.8 Å². The molecule has 0 radical (unpaired) electrons. The summed E-state index contributed by atoms with van der Waals surface area (Å²) in [5.74, 6) is 4.73. The molecule has 0 aliphatic carbocycles. The van der Waals surface area contributed by atoms with Crippen LogP contribution in [0.25, 0.3) is 11.0 Å². The van der Waals surface area contributed by atoms with Gasteiger partial charge < -0.3 is 10.3 Å². The van der Waals surface area contributed by atoms with Crippen molar-refractivity contribution in [3.8, 4) is 12.3 Å². The van der Waals surface area contributed by atoms with Crippen molar-refractivity contribution in [1.82, 2.24) is 9.97 Å². The topological polar surface area (TPSA) is 83.8 Å². The van der Waals surface area contributed by atoms with Gasteiger partial charge >= 0.3 is 0 Å². The molecule has 7 heteroatoms. The first-order valence-electron chi connectivity index (χ1n) is 5.60. The summed E-state index contributed by atoms with van der Waals surface area (Å²) < 4.78 is 0. The maximum Gasteiger partial charge on any atom is 0.271 e. The fraction of sp³-hybridized carbons (Fsp3) is 0.250. The number of fused-ring (bicyclic) bond motifs is 1. The van der Waals surface area contributed by atoms with Crippen LogP contribution in [-0.4, -0.2) is 32.9 Å². The van der Waals surface area contributed by atoms with Crippen LogP contribution < -0.4 is 5.32 Å². The van der Waals surface area contributed by atoms with E-state index in [0.29, 0.717) is 22.7 Å². The zero-order chi connectivity index (χ0) is 13.7. The van der Waals surface area contributed by atoms with Crippen LogP contribution in [0.2, 0.25) is 0 Å². The van der Waals surface area contributed by atoms with Crippen molar-refractivity contribution in [1.29, 1.82) is 0 Å². The van der Waals surface area contributed by atoms with E-state index in [9.17, 15) is 10.1 Å². The van der Waals surface area contributed by atoms with Crippen LogP contribution in [0.5, 0.6) is 0 Å². The summed E-state index contributed by atoms with van der Waals surface area (Å²) >= 11 is 1.66. The van der Waals surface area contributed by atoms with E-state index in [4.69, 9.17) is 6.42 Å². The molecule has 19 heavy (non-hydrogen) atoms. The van der Waals surface area contributed by atoms with Gasteiger partial charge in [-0.05, 0) is 6.07 Å². The highest BCUT2D eigenvalue weighted by Gasteiger charge is 2.09. The number of imidazole rings is 1. The minimum Gasteiger partial charge on any atom is -0.355 e. The molecule has 0 aliphatic rings. The number of aromatic nitrogens is 2. The Bertz CT molecular complexity index is 632. The number of nitrogens with zero attached hydrogens (tertiary/aromatic N) is 2. The van der Waals surface area contributed by atoms with Gasteiger partial charge in [-0.2, -0.15) is 0 Å². The molecule has 0 spiro atoms. The lowest BCUT2D eigenvalue weighted by atomic mass is 10.3. The second-order valence-corrected chi connectivity index (χ2v) is 4.83. The van der Waals surface area contributed by atoms with Gasteiger partial charge in [-0.25, -0.2) is 4.98 Å². The molecule has 1 aromatic carbocycles. The van der Waals surface area contributed by atoms with Crippen molar-refractivity contribution in [2.24, 2.45) is 0 Å². The summed E-state index contributed by atoms with van der Waals surface area (Å²) in [4.78, 5) is 17.5. The van der Waals surface area contributed by atoms with Gasteiger partial charge in [0.2, 0.25) is 5.95 Å². The Morgan fingerprint density at radius 3 is 3.16 bits per heavy atom. The molecule has 0 atom stereocenters. The minimum absolute atomic E-state index is 0.0484. The molecule has 0 saturated carbocycles. The summed E-state index contributed by atoms with van der Waals surface area (Å²) in [5.41, 5.74) is 1.39. The number of anilines is 1. The molecule has 6 nitrogen and oxygen atoms in total. The Kier molecular flexibility index (Phi) is 4.26. The number of terminal acetylenes is 1. The molecule has 2 rings (SSSR count). The first-order chi connectivity index (χ1) is 9.20. The first kappa shape index (κ1) is 13.2. The van der Waals surface area contributed by atoms with Gasteiger partial charge in [-0.3, -0.25) is 10.1 Å². The van der Waals surface area contributed by atoms with Crippen molar-refractivity contribution >= 4 is 34.4 Å². The first-order valence-corrected chi connectivity index (χ1v) is 6.75. The average molecular weight is 276 g/mol. The zero-order valence-corrected chi connectivity index (χ0v) is 10.9. The van der Waals surface area contributed by atoms with Crippen LogP contribution in [0.3, 0.4) is 0 Å². The van der Waals surface area contributed by atoms with E-state index in [0.717, 1.165) is 12.3 Å². The molecule has 1 aromatic heterocycles. The molecule has 0 amide bonds. The van der Waals surface area contributed by atoms with Crippen molar-refractivity contribution < 1.29 is 4.92 Å². The van der Waals surface area contributed by atoms with Gasteiger partial charge in [-0.1, -0.05) is 5.92 Å². The molecule has 0 bridgehead atoms. The normalized spacial score (nSPS) is 10.3. The van der Waals surface area contributed by atoms with E-state index < -0.39 is 4.92 Å². The number of benzene rings is 1. The molecular weight excluding hydrogens is 264 g/mol. The molecule has 0 fully saturated rings. The maximum absolute atomic E-state index is 10.7. The summed E-state index contributed by atoms with van der Waals surface area (Å²) in [6.07, 6.45) is 5.15. The van der Waals surface area contributed by atoms with Crippen LogP contribution in [0.15, 0.2) is 18.2 Å². The van der Waals surface area contributed by atoms with E-state index in [1.165, 1.54) is 12.1 Å². The Morgan fingerprint density at radius 2 is 2.42 bits per heavy atom. The minimum atomic E-state index is -0.427. The highest BCUT2D eigenvalue weighted by molar-refractivity contribution is 7.99. The third-order valence-electron chi connectivity index (χ3n) is 2.40. The predicted molar refractivity (Wildman–Crippen MR) is 77.4 cm³/mol. The lowest BCUT2D eigenvalue weighted by Gasteiger charge is -2.00. The van der Waals surface area contributed by atoms with E-state index in [1.807, 2.05) is 0 Å². The van der Waals surface area contributed by atoms with Gasteiger partial charge in [0.1, 0.15) is 0 Å². The Labute approximate surface area is 114 Å². The van der Waals surface area contributed by atoms with Gasteiger partial charge in [-0.15, -0.1) is 18.2 Å². The number of hydrogen-bond acceptors (Lipinski definition) is 5. The van der Waals surface area contributed by atoms with Gasteiger partial charge in [0.15, 0.2) is 0 Å². The Balaban J connectivity index is 2.01. The molecule has 2 aromatic rings. The molecular formula is C12H12N4O2S. The highest BCUT2D eigenvalue weighted by atomic mass is 32.2. The number of rotatable bonds is 6. The molecule has 2 N–H and O–H groups in total. The lowest BCUT2D eigenvalue weighted by Crippen LogP contribution is -2.05. The molecule has 0 saturated heterocycles. The van der Waals surface area contributed by atoms with E-state index in [2.05, 4.69) is 21.2 Å². The number of non-ortho nitro benzene ring substituents is 1. The third kappa shape index (κ3) is 3.39. The molecule has 0 unspecified atom stereocenters. The Hall–Kier alpha value is -2.20. The maximum atomic E-state index is 10.7. The van der Waals surface area contributed by atoms with Gasteiger partial charge in [0.25, 0.3) is 5.69 Å². The second kappa shape index (κ2) is 6.11. The number of nitrogens with one attached hydrogen (secondary N) is 2. The Morgan fingerprint density at radius 1 is 1.58 bits per heavy atom. The van der Waals surface area contributed by atoms with Gasteiger partial charge in [0.05, 0.1) is 21.7 Å². The second-order valence-electron chi connectivity index (χ2n) is 3.73. The number of hydrogen-bond donors (Lipinski definition) is 2. The van der Waals surface area contributed by atoms with Crippen molar-refractivity contribution in [2.45, 2.75) is 0 Å². The molecule has 98 valence electrons. The standard InChI is InChI=1S/C12H12N4O2S/c1-2-6-19-7-5-13-12-14-10-4-3-9(16(17)18)8-11(10)15-12/h1,3-4,8H,5-7H2,(H2,13,14,15). The van der Waals surface area contributed by atoms with Crippen molar-refractivity contribution in [3.05, 3.63) is 28.3 Å². The fourth-order valence-electron chi connectivity index (χ4n) is 1.57. The van der Waals surface area contributed by atoms with Crippen LogP contribution in [-0.2, 0) is 0 Å². The van der Waals surface area contributed by atoms with Crippen LogP contribution in [0.1, 0.15) is 0 Å². The number of nitro groups is 1. The molecule has 0 aliphatic heterocycles. The highest BCUT2D eigenvalue weighted by Crippen LogP contribution is 2.20. The SMILES string of the molecule is C#CCSCCNc1nc2ccc([N+](=O)[O-])cc2[nH]1. The third-order valence-corrected chi connectivity index (χ3v) is 3.26. The van der Waals surface area contributed by atoms with Crippen molar-refractivity contribution in [3.63, 3.8) is 0 Å². The van der Waals surface area contributed by atoms with Crippen LogP contribution in [0.4, 0.5) is 11.6 Å². The van der Waals surface area contributed by atoms with E-state index in [1.54, 1.807) is 17.8 Å². The largest absolute Gasteiger partial charge is 0.355 e. The monoisotopic (exact) mass is 276 g/mol. The van der Waals surface area contributed by atoms with E-state index in [-0.39, 0.29) is 5.69 Å². The summed E-state index contributed by atoms with van der Waals surface area (Å²) in [5, 5.41) is 13.8. The summed E-state index contributed by atoms with van der Waals surface area (Å²) in [6.45, 7) is 0.730. The average Bonchev–Trinajstić information content (AvgIpc) is 2.80. The number of nitro benzene ring substituents is 1. The summed E-state index contributed by atoms with van der Waals surface area (Å²) in [7, 11) is 0. The van der Waals surface area contributed by atoms with Crippen molar-refractivity contribution in [2.75, 3.05) is 23.4 Å². The number of aromatic amines is 1. The summed E-state index contributed by atoms with van der Waals surface area (Å²) in [6, 6.07) is 4.54. The number of H-pyrrole nitrogens is 1. The van der Waals surface area contributed by atoms with Crippen LogP contribution in [0, 0.1) is 22.5 Å². The number of thioether (sulfide) groups is 1. The molecule has 1 heterocycles. The van der Waals surface area contributed by atoms with Gasteiger partial charge in [0, 0.05) is 24.4 Å².